The number of nitrogens with one attached hydrogen (secondary N) is 1. The van der Waals surface area contributed by atoms with Crippen molar-refractivity contribution in [2.45, 2.75) is 37.5 Å². The third-order valence-corrected chi connectivity index (χ3v) is 4.81. The minimum atomic E-state index is -3.31. The second-order valence-electron chi connectivity index (χ2n) is 4.82. The van der Waals surface area contributed by atoms with Gasteiger partial charge in [-0.1, -0.05) is 30.5 Å². The van der Waals surface area contributed by atoms with Crippen LogP contribution in [0.4, 0.5) is 0 Å². The normalized spacial score (nSPS) is 17.5. The van der Waals surface area contributed by atoms with Crippen molar-refractivity contribution in [2.24, 2.45) is 5.92 Å². The lowest BCUT2D eigenvalue weighted by Crippen LogP contribution is -2.28. The van der Waals surface area contributed by atoms with Crippen molar-refractivity contribution in [1.82, 2.24) is 4.72 Å². The molecule has 0 atom stereocenters. The highest BCUT2D eigenvalue weighted by Gasteiger charge is 2.19. The minimum Gasteiger partial charge on any atom is -0.211 e. The van der Waals surface area contributed by atoms with Crippen LogP contribution in [0.2, 0.25) is 0 Å². The van der Waals surface area contributed by atoms with E-state index in [-0.39, 0.29) is 0 Å². The predicted molar refractivity (Wildman–Crippen MR) is 68.3 cm³/mol. The third kappa shape index (κ3) is 3.30. The lowest BCUT2D eigenvalue weighted by atomic mass is 10.1. The minimum absolute atomic E-state index is 0.362. The van der Waals surface area contributed by atoms with Crippen molar-refractivity contribution in [3.8, 4) is 0 Å². The molecule has 1 N–H and O–H groups in total. The van der Waals surface area contributed by atoms with Crippen molar-refractivity contribution in [2.75, 3.05) is 6.54 Å². The van der Waals surface area contributed by atoms with Crippen LogP contribution in [0.3, 0.4) is 0 Å². The van der Waals surface area contributed by atoms with E-state index in [2.05, 4.69) is 4.72 Å². The summed E-state index contributed by atoms with van der Waals surface area (Å²) in [6, 6.07) is 6.97. The number of aryl methyl sites for hydroxylation is 1. The predicted octanol–water partition coefficient (Wildman–Crippen LogP) is 2.46. The Morgan fingerprint density at radius 3 is 2.35 bits per heavy atom. The van der Waals surface area contributed by atoms with Gasteiger partial charge in [0.2, 0.25) is 10.0 Å². The Morgan fingerprint density at radius 2 is 1.76 bits per heavy atom. The van der Waals surface area contributed by atoms with Crippen LogP contribution in [0.15, 0.2) is 29.2 Å². The van der Waals surface area contributed by atoms with Crippen LogP contribution in [-0.4, -0.2) is 15.0 Å². The molecule has 0 amide bonds. The number of sulfonamides is 1. The Kier molecular flexibility index (Phi) is 3.84. The van der Waals surface area contributed by atoms with E-state index in [4.69, 9.17) is 0 Å². The molecule has 0 heterocycles. The first-order valence-electron chi connectivity index (χ1n) is 6.14. The molecule has 1 aliphatic carbocycles. The largest absolute Gasteiger partial charge is 0.240 e. The molecule has 1 fully saturated rings. The van der Waals surface area contributed by atoms with E-state index >= 15 is 0 Å². The first-order valence-corrected chi connectivity index (χ1v) is 7.62. The van der Waals surface area contributed by atoms with Crippen LogP contribution in [0, 0.1) is 12.8 Å². The SMILES string of the molecule is Cc1ccc(S(=O)(=O)NCC2CCCC2)cc1. The first kappa shape index (κ1) is 12.6. The molecule has 3 nitrogen and oxygen atoms in total. The maximum Gasteiger partial charge on any atom is 0.240 e. The van der Waals surface area contributed by atoms with E-state index in [0.29, 0.717) is 17.4 Å². The monoisotopic (exact) mass is 253 g/mol. The van der Waals surface area contributed by atoms with Crippen molar-refractivity contribution >= 4 is 10.0 Å². The van der Waals surface area contributed by atoms with Crippen molar-refractivity contribution in [3.05, 3.63) is 29.8 Å². The Bertz CT molecular complexity index is 459. The Hall–Kier alpha value is -0.870. The van der Waals surface area contributed by atoms with E-state index in [1.54, 1.807) is 12.1 Å². The van der Waals surface area contributed by atoms with Crippen molar-refractivity contribution in [1.29, 1.82) is 0 Å². The second-order valence-corrected chi connectivity index (χ2v) is 6.58. The smallest absolute Gasteiger partial charge is 0.211 e. The highest BCUT2D eigenvalue weighted by Crippen LogP contribution is 2.24. The van der Waals surface area contributed by atoms with Gasteiger partial charge >= 0.3 is 0 Å². The number of hydrogen-bond donors (Lipinski definition) is 1. The fourth-order valence-corrected chi connectivity index (χ4v) is 3.36. The Labute approximate surface area is 103 Å². The highest BCUT2D eigenvalue weighted by atomic mass is 32.2. The topological polar surface area (TPSA) is 46.2 Å². The molecule has 0 aromatic heterocycles. The summed E-state index contributed by atoms with van der Waals surface area (Å²) < 4.78 is 26.7. The first-order chi connectivity index (χ1) is 8.08. The van der Waals surface area contributed by atoms with Crippen LogP contribution < -0.4 is 4.72 Å². The van der Waals surface area contributed by atoms with Gasteiger partial charge in [-0.25, -0.2) is 13.1 Å². The summed E-state index contributed by atoms with van der Waals surface area (Å²) in [7, 11) is -3.31. The molecular weight excluding hydrogens is 234 g/mol. The summed E-state index contributed by atoms with van der Waals surface area (Å²) in [6.07, 6.45) is 4.76. The lowest BCUT2D eigenvalue weighted by molar-refractivity contribution is 0.519. The van der Waals surface area contributed by atoms with Crippen LogP contribution in [0.25, 0.3) is 0 Å². The van der Waals surface area contributed by atoms with Crippen molar-refractivity contribution in [3.63, 3.8) is 0 Å². The Morgan fingerprint density at radius 1 is 1.18 bits per heavy atom. The van der Waals surface area contributed by atoms with E-state index < -0.39 is 10.0 Å². The molecule has 2 rings (SSSR count). The molecule has 0 radical (unpaired) electrons. The molecule has 0 aliphatic heterocycles. The molecule has 1 saturated carbocycles. The van der Waals surface area contributed by atoms with E-state index in [1.807, 2.05) is 19.1 Å². The maximum atomic E-state index is 12.0. The molecular formula is C13H19NO2S. The molecule has 0 bridgehead atoms. The van der Waals surface area contributed by atoms with Gasteiger partial charge < -0.3 is 0 Å². The number of hydrogen-bond acceptors (Lipinski definition) is 2. The van der Waals surface area contributed by atoms with Gasteiger partial charge in [0, 0.05) is 6.54 Å². The average molecular weight is 253 g/mol. The summed E-state index contributed by atoms with van der Waals surface area (Å²) in [6.45, 7) is 2.53. The number of rotatable bonds is 4. The van der Waals surface area contributed by atoms with E-state index in [9.17, 15) is 8.42 Å². The summed E-state index contributed by atoms with van der Waals surface area (Å²) in [5, 5.41) is 0. The zero-order chi connectivity index (χ0) is 12.3. The quantitative estimate of drug-likeness (QED) is 0.896. The van der Waals surface area contributed by atoms with Crippen LogP contribution >= 0.6 is 0 Å². The van der Waals surface area contributed by atoms with E-state index in [1.165, 1.54) is 12.8 Å². The fraction of sp³-hybridized carbons (Fsp3) is 0.538. The van der Waals surface area contributed by atoms with E-state index in [0.717, 1.165) is 18.4 Å². The summed E-state index contributed by atoms with van der Waals surface area (Å²) in [4.78, 5) is 0.362. The maximum absolute atomic E-state index is 12.0. The molecule has 1 aromatic carbocycles. The van der Waals surface area contributed by atoms with Gasteiger partial charge in [0.1, 0.15) is 0 Å². The van der Waals surface area contributed by atoms with Gasteiger partial charge in [0.15, 0.2) is 0 Å². The van der Waals surface area contributed by atoms with Crippen molar-refractivity contribution < 1.29 is 8.42 Å². The molecule has 0 spiro atoms. The van der Waals surface area contributed by atoms with Gasteiger partial charge in [-0.15, -0.1) is 0 Å². The molecule has 1 aromatic rings. The van der Waals surface area contributed by atoms with Gasteiger partial charge in [0.05, 0.1) is 4.90 Å². The molecule has 0 saturated heterocycles. The van der Waals surface area contributed by atoms with Gasteiger partial charge in [0.25, 0.3) is 0 Å². The second kappa shape index (κ2) is 5.19. The summed E-state index contributed by atoms with van der Waals surface area (Å²) >= 11 is 0. The Balaban J connectivity index is 2.00. The third-order valence-electron chi connectivity index (χ3n) is 3.37. The van der Waals surface area contributed by atoms with Crippen LogP contribution in [-0.2, 0) is 10.0 Å². The zero-order valence-corrected chi connectivity index (χ0v) is 11.0. The zero-order valence-electron chi connectivity index (χ0n) is 10.1. The van der Waals surface area contributed by atoms with Crippen LogP contribution in [0.5, 0.6) is 0 Å². The average Bonchev–Trinajstić information content (AvgIpc) is 2.80. The fourth-order valence-electron chi connectivity index (χ4n) is 2.24. The molecule has 1 aliphatic rings. The molecule has 17 heavy (non-hydrogen) atoms. The van der Waals surface area contributed by atoms with Gasteiger partial charge in [-0.3, -0.25) is 0 Å². The number of benzene rings is 1. The highest BCUT2D eigenvalue weighted by molar-refractivity contribution is 7.89. The van der Waals surface area contributed by atoms with Gasteiger partial charge in [-0.05, 0) is 37.8 Å². The molecule has 94 valence electrons. The molecule has 4 heteroatoms. The lowest BCUT2D eigenvalue weighted by Gasteiger charge is -2.11. The summed E-state index contributed by atoms with van der Waals surface area (Å²) in [5.74, 6) is 0.523. The summed E-state index contributed by atoms with van der Waals surface area (Å²) in [5.41, 5.74) is 1.07. The molecule has 0 unspecified atom stereocenters. The van der Waals surface area contributed by atoms with Gasteiger partial charge in [-0.2, -0.15) is 0 Å². The van der Waals surface area contributed by atoms with Crippen LogP contribution in [0.1, 0.15) is 31.2 Å². The standard InChI is InChI=1S/C13H19NO2S/c1-11-6-8-13(9-7-11)17(15,16)14-10-12-4-2-3-5-12/h6-9,12,14H,2-5,10H2,1H3.